The smallest absolute Gasteiger partial charge is 0.223 e. The monoisotopic (exact) mass is 337 g/mol. The molecule has 23 heavy (non-hydrogen) atoms. The molecule has 4 nitrogen and oxygen atoms in total. The van der Waals surface area contributed by atoms with Gasteiger partial charge in [0.1, 0.15) is 0 Å². The zero-order valence-electron chi connectivity index (χ0n) is 14.0. The van der Waals surface area contributed by atoms with Crippen molar-refractivity contribution in [1.82, 2.24) is 5.32 Å². The fraction of sp³-hybridized carbons (Fsp3) is 0.611. The normalized spacial score (nSPS) is 21.8. The van der Waals surface area contributed by atoms with Gasteiger partial charge in [-0.25, -0.2) is 8.42 Å². The molecule has 1 aliphatic carbocycles. The zero-order valence-corrected chi connectivity index (χ0v) is 14.9. The molecule has 0 heterocycles. The lowest BCUT2D eigenvalue weighted by Crippen LogP contribution is -2.33. The van der Waals surface area contributed by atoms with Gasteiger partial charge in [0, 0.05) is 18.7 Å². The third-order valence-electron chi connectivity index (χ3n) is 4.78. The molecule has 0 bridgehead atoms. The fourth-order valence-corrected chi connectivity index (χ4v) is 4.16. The van der Waals surface area contributed by atoms with E-state index in [2.05, 4.69) is 12.2 Å². The Labute approximate surface area is 139 Å². The SMILES string of the molecule is CCC1CCC(C(=O)NCc2ccccc2CS(C)(=O)=O)CC1. The lowest BCUT2D eigenvalue weighted by molar-refractivity contribution is -0.126. The number of amides is 1. The van der Waals surface area contributed by atoms with Gasteiger partial charge in [-0.2, -0.15) is 0 Å². The van der Waals surface area contributed by atoms with Crippen LogP contribution in [0, 0.1) is 11.8 Å². The lowest BCUT2D eigenvalue weighted by Gasteiger charge is -2.27. The molecule has 5 heteroatoms. The minimum atomic E-state index is -3.08. The molecule has 1 amide bonds. The largest absolute Gasteiger partial charge is 0.352 e. The van der Waals surface area contributed by atoms with E-state index in [0.717, 1.165) is 42.7 Å². The first kappa shape index (κ1) is 18.0. The van der Waals surface area contributed by atoms with Crippen molar-refractivity contribution < 1.29 is 13.2 Å². The quantitative estimate of drug-likeness (QED) is 0.868. The minimum absolute atomic E-state index is 0.0145. The number of carbonyl (C=O) groups is 1. The molecule has 0 radical (unpaired) electrons. The summed E-state index contributed by atoms with van der Waals surface area (Å²) in [4.78, 5) is 12.3. The lowest BCUT2D eigenvalue weighted by atomic mass is 9.80. The summed E-state index contributed by atoms with van der Waals surface area (Å²) in [7, 11) is -3.08. The van der Waals surface area contributed by atoms with Gasteiger partial charge in [-0.15, -0.1) is 0 Å². The van der Waals surface area contributed by atoms with Gasteiger partial charge in [0.2, 0.25) is 5.91 Å². The molecule has 0 aliphatic heterocycles. The molecular weight excluding hydrogens is 310 g/mol. The molecule has 128 valence electrons. The highest BCUT2D eigenvalue weighted by molar-refractivity contribution is 7.89. The van der Waals surface area contributed by atoms with Crippen LogP contribution in [0.1, 0.15) is 50.2 Å². The van der Waals surface area contributed by atoms with Crippen molar-refractivity contribution >= 4 is 15.7 Å². The summed E-state index contributed by atoms with van der Waals surface area (Å²) in [6.45, 7) is 2.61. The van der Waals surface area contributed by atoms with Crippen molar-refractivity contribution in [2.45, 2.75) is 51.3 Å². The molecule has 2 rings (SSSR count). The minimum Gasteiger partial charge on any atom is -0.352 e. The van der Waals surface area contributed by atoms with Gasteiger partial charge < -0.3 is 5.32 Å². The van der Waals surface area contributed by atoms with E-state index in [4.69, 9.17) is 0 Å². The zero-order chi connectivity index (χ0) is 16.9. The Morgan fingerprint density at radius 2 is 1.74 bits per heavy atom. The van der Waals surface area contributed by atoms with Crippen molar-refractivity contribution in [1.29, 1.82) is 0 Å². The van der Waals surface area contributed by atoms with E-state index in [0.29, 0.717) is 6.54 Å². The maximum absolute atomic E-state index is 12.3. The van der Waals surface area contributed by atoms with Gasteiger partial charge in [0.15, 0.2) is 9.84 Å². The predicted molar refractivity (Wildman–Crippen MR) is 92.6 cm³/mol. The first-order chi connectivity index (χ1) is 10.9. The summed E-state index contributed by atoms with van der Waals surface area (Å²) < 4.78 is 23.0. The van der Waals surface area contributed by atoms with E-state index in [9.17, 15) is 13.2 Å². The Balaban J connectivity index is 1.92. The van der Waals surface area contributed by atoms with Crippen molar-refractivity contribution in [2.75, 3.05) is 6.26 Å². The molecular formula is C18H27NO3S. The number of hydrogen-bond donors (Lipinski definition) is 1. The van der Waals surface area contributed by atoms with Crippen molar-refractivity contribution in [3.63, 3.8) is 0 Å². The van der Waals surface area contributed by atoms with Crippen LogP contribution in [0.5, 0.6) is 0 Å². The van der Waals surface area contributed by atoms with E-state index >= 15 is 0 Å². The van der Waals surface area contributed by atoms with E-state index in [-0.39, 0.29) is 17.6 Å². The van der Waals surface area contributed by atoms with Gasteiger partial charge >= 0.3 is 0 Å². The second-order valence-corrected chi connectivity index (χ2v) is 8.82. The van der Waals surface area contributed by atoms with Gasteiger partial charge in [-0.3, -0.25) is 4.79 Å². The Bertz CT molecular complexity index is 631. The summed E-state index contributed by atoms with van der Waals surface area (Å²) in [5.41, 5.74) is 1.65. The van der Waals surface area contributed by atoms with Gasteiger partial charge in [0.25, 0.3) is 0 Å². The van der Waals surface area contributed by atoms with Crippen LogP contribution in [0.4, 0.5) is 0 Å². The highest BCUT2D eigenvalue weighted by atomic mass is 32.2. The second-order valence-electron chi connectivity index (χ2n) is 6.68. The van der Waals surface area contributed by atoms with Crippen LogP contribution in [-0.4, -0.2) is 20.6 Å². The van der Waals surface area contributed by atoms with E-state index in [1.165, 1.54) is 12.7 Å². The van der Waals surface area contributed by atoms with Gasteiger partial charge in [-0.05, 0) is 42.7 Å². The topological polar surface area (TPSA) is 63.2 Å². The molecule has 0 spiro atoms. The van der Waals surface area contributed by atoms with Crippen LogP contribution in [-0.2, 0) is 26.9 Å². The second kappa shape index (κ2) is 7.95. The summed E-state index contributed by atoms with van der Waals surface area (Å²) in [6, 6.07) is 7.40. The number of carbonyl (C=O) groups excluding carboxylic acids is 1. The number of sulfone groups is 1. The first-order valence-corrected chi connectivity index (χ1v) is 10.5. The summed E-state index contributed by atoms with van der Waals surface area (Å²) in [5, 5.41) is 2.99. The standard InChI is InChI=1S/C18H27NO3S/c1-3-14-8-10-15(11-9-14)18(20)19-12-16-6-4-5-7-17(16)13-23(2,21)22/h4-7,14-15H,3,8-13H2,1-2H3,(H,19,20). The summed E-state index contributed by atoms with van der Waals surface area (Å²) >= 11 is 0. The van der Waals surface area contributed by atoms with Crippen LogP contribution in [0.3, 0.4) is 0 Å². The average molecular weight is 337 g/mol. The molecule has 0 saturated heterocycles. The van der Waals surface area contributed by atoms with Crippen LogP contribution < -0.4 is 5.32 Å². The third kappa shape index (κ3) is 5.65. The molecule has 1 aliphatic rings. The number of nitrogens with one attached hydrogen (secondary N) is 1. The van der Waals surface area contributed by atoms with E-state index in [1.54, 1.807) is 0 Å². The third-order valence-corrected chi connectivity index (χ3v) is 5.62. The summed E-state index contributed by atoms with van der Waals surface area (Å²) in [5.74, 6) is 1.00. The summed E-state index contributed by atoms with van der Waals surface area (Å²) in [6.07, 6.45) is 6.64. The fourth-order valence-electron chi connectivity index (χ4n) is 3.31. The van der Waals surface area contributed by atoms with Crippen LogP contribution in [0.2, 0.25) is 0 Å². The number of benzene rings is 1. The molecule has 1 saturated carbocycles. The molecule has 1 N–H and O–H groups in total. The van der Waals surface area contributed by atoms with Crippen molar-refractivity contribution in [3.8, 4) is 0 Å². The molecule has 1 aromatic carbocycles. The maximum atomic E-state index is 12.3. The molecule has 0 aromatic heterocycles. The predicted octanol–water partition coefficient (Wildman–Crippen LogP) is 3.06. The van der Waals surface area contributed by atoms with E-state index in [1.807, 2.05) is 24.3 Å². The first-order valence-electron chi connectivity index (χ1n) is 8.41. The van der Waals surface area contributed by atoms with Gasteiger partial charge in [0.05, 0.1) is 5.75 Å². The van der Waals surface area contributed by atoms with E-state index < -0.39 is 9.84 Å². The molecule has 1 aromatic rings. The Hall–Kier alpha value is -1.36. The Morgan fingerprint density at radius 3 is 2.30 bits per heavy atom. The maximum Gasteiger partial charge on any atom is 0.223 e. The average Bonchev–Trinajstić information content (AvgIpc) is 2.52. The van der Waals surface area contributed by atoms with Crippen molar-refractivity contribution in [2.24, 2.45) is 11.8 Å². The molecule has 0 atom stereocenters. The van der Waals surface area contributed by atoms with Crippen LogP contribution in [0.25, 0.3) is 0 Å². The number of hydrogen-bond acceptors (Lipinski definition) is 3. The number of rotatable bonds is 6. The highest BCUT2D eigenvalue weighted by Gasteiger charge is 2.25. The van der Waals surface area contributed by atoms with Crippen molar-refractivity contribution in [3.05, 3.63) is 35.4 Å². The van der Waals surface area contributed by atoms with Crippen LogP contribution in [0.15, 0.2) is 24.3 Å². The molecule has 1 fully saturated rings. The van der Waals surface area contributed by atoms with Crippen LogP contribution >= 0.6 is 0 Å². The highest BCUT2D eigenvalue weighted by Crippen LogP contribution is 2.30. The Morgan fingerprint density at radius 1 is 1.13 bits per heavy atom. The molecule has 0 unspecified atom stereocenters. The Kier molecular flexibility index (Phi) is 6.22. The van der Waals surface area contributed by atoms with Gasteiger partial charge in [-0.1, -0.05) is 37.6 Å².